The number of aromatic amines is 1. The maximum absolute atomic E-state index is 5.43. The fraction of sp³-hybridized carbons (Fsp3) is 0.333. The molecule has 0 aliphatic rings. The first kappa shape index (κ1) is 12.7. The molecule has 0 amide bonds. The van der Waals surface area contributed by atoms with Crippen LogP contribution in [0.25, 0.3) is 0 Å². The third kappa shape index (κ3) is 3.37. The molecule has 2 aromatic rings. The van der Waals surface area contributed by atoms with Gasteiger partial charge in [0.1, 0.15) is 5.75 Å². The molecule has 18 heavy (non-hydrogen) atoms. The Morgan fingerprint density at radius 1 is 1.22 bits per heavy atom. The molecule has 0 saturated heterocycles. The van der Waals surface area contributed by atoms with Crippen LogP contribution in [0, 0.1) is 0 Å². The standard InChI is InChI=1S/C15H20N2O/c1-3-18-15-8-6-13(7-9-15)12(2)17-11-14-5-4-10-16-14/h4-10,12,16-17H,3,11H2,1-2H3. The van der Waals surface area contributed by atoms with Gasteiger partial charge in [-0.2, -0.15) is 0 Å². The van der Waals surface area contributed by atoms with E-state index < -0.39 is 0 Å². The topological polar surface area (TPSA) is 37.0 Å². The number of nitrogens with one attached hydrogen (secondary N) is 2. The van der Waals surface area contributed by atoms with Gasteiger partial charge in [0.15, 0.2) is 0 Å². The van der Waals surface area contributed by atoms with Crippen LogP contribution < -0.4 is 10.1 Å². The zero-order valence-electron chi connectivity index (χ0n) is 10.9. The minimum atomic E-state index is 0.323. The van der Waals surface area contributed by atoms with Crippen molar-refractivity contribution in [2.24, 2.45) is 0 Å². The highest BCUT2D eigenvalue weighted by molar-refractivity contribution is 5.29. The van der Waals surface area contributed by atoms with Crippen LogP contribution in [0.4, 0.5) is 0 Å². The molecule has 1 unspecified atom stereocenters. The van der Waals surface area contributed by atoms with Crippen molar-refractivity contribution in [2.45, 2.75) is 26.4 Å². The summed E-state index contributed by atoms with van der Waals surface area (Å²) >= 11 is 0. The summed E-state index contributed by atoms with van der Waals surface area (Å²) in [5, 5.41) is 3.48. The van der Waals surface area contributed by atoms with Gasteiger partial charge >= 0.3 is 0 Å². The average molecular weight is 244 g/mol. The molecule has 1 aromatic carbocycles. The summed E-state index contributed by atoms with van der Waals surface area (Å²) in [6, 6.07) is 12.7. The summed E-state index contributed by atoms with van der Waals surface area (Å²) in [6.07, 6.45) is 1.94. The van der Waals surface area contributed by atoms with E-state index in [1.807, 2.05) is 31.3 Å². The molecule has 0 fully saturated rings. The summed E-state index contributed by atoms with van der Waals surface area (Å²) in [6.45, 7) is 5.72. The van der Waals surface area contributed by atoms with E-state index in [9.17, 15) is 0 Å². The van der Waals surface area contributed by atoms with Crippen LogP contribution in [0.15, 0.2) is 42.6 Å². The van der Waals surface area contributed by atoms with Gasteiger partial charge in [-0.3, -0.25) is 0 Å². The lowest BCUT2D eigenvalue weighted by Gasteiger charge is -2.14. The Labute approximate surface area is 108 Å². The Balaban J connectivity index is 1.89. The Morgan fingerprint density at radius 3 is 2.61 bits per heavy atom. The van der Waals surface area contributed by atoms with Crippen LogP contribution in [-0.4, -0.2) is 11.6 Å². The van der Waals surface area contributed by atoms with Crippen LogP contribution in [0.3, 0.4) is 0 Å². The van der Waals surface area contributed by atoms with Gasteiger partial charge in [-0.1, -0.05) is 12.1 Å². The average Bonchev–Trinajstić information content (AvgIpc) is 2.90. The lowest BCUT2D eigenvalue weighted by molar-refractivity contribution is 0.340. The lowest BCUT2D eigenvalue weighted by atomic mass is 10.1. The molecule has 1 atom stereocenters. The van der Waals surface area contributed by atoms with E-state index in [1.165, 1.54) is 11.3 Å². The van der Waals surface area contributed by atoms with Gasteiger partial charge in [0, 0.05) is 24.5 Å². The molecule has 1 aromatic heterocycles. The predicted octanol–water partition coefficient (Wildman–Crippen LogP) is 3.26. The van der Waals surface area contributed by atoms with E-state index in [4.69, 9.17) is 4.74 Å². The Bertz CT molecular complexity index is 448. The Morgan fingerprint density at radius 2 is 2.00 bits per heavy atom. The molecule has 0 spiro atoms. The van der Waals surface area contributed by atoms with Crippen molar-refractivity contribution in [2.75, 3.05) is 6.61 Å². The number of benzene rings is 1. The van der Waals surface area contributed by atoms with E-state index in [0.717, 1.165) is 12.3 Å². The maximum atomic E-state index is 5.43. The first-order valence-corrected chi connectivity index (χ1v) is 6.38. The van der Waals surface area contributed by atoms with Crippen LogP contribution in [0.2, 0.25) is 0 Å². The molecular formula is C15H20N2O. The van der Waals surface area contributed by atoms with E-state index in [0.29, 0.717) is 12.6 Å². The van der Waals surface area contributed by atoms with E-state index in [-0.39, 0.29) is 0 Å². The molecule has 0 aliphatic carbocycles. The van der Waals surface area contributed by atoms with E-state index in [1.54, 1.807) is 0 Å². The minimum Gasteiger partial charge on any atom is -0.494 e. The molecule has 3 nitrogen and oxygen atoms in total. The third-order valence-electron chi connectivity index (χ3n) is 2.95. The largest absolute Gasteiger partial charge is 0.494 e. The van der Waals surface area contributed by atoms with Gasteiger partial charge in [0.2, 0.25) is 0 Å². The van der Waals surface area contributed by atoms with Crippen molar-refractivity contribution in [3.8, 4) is 5.75 Å². The van der Waals surface area contributed by atoms with Crippen molar-refractivity contribution in [3.05, 3.63) is 53.9 Å². The number of hydrogen-bond donors (Lipinski definition) is 2. The number of H-pyrrole nitrogens is 1. The Kier molecular flexibility index (Phi) is 4.42. The van der Waals surface area contributed by atoms with Crippen LogP contribution in [-0.2, 0) is 6.54 Å². The summed E-state index contributed by atoms with van der Waals surface area (Å²) in [5.41, 5.74) is 2.47. The van der Waals surface area contributed by atoms with E-state index in [2.05, 4.69) is 35.4 Å². The van der Waals surface area contributed by atoms with Crippen LogP contribution >= 0.6 is 0 Å². The number of hydrogen-bond acceptors (Lipinski definition) is 2. The summed E-state index contributed by atoms with van der Waals surface area (Å²) in [7, 11) is 0. The Hall–Kier alpha value is -1.74. The van der Waals surface area contributed by atoms with Crippen molar-refractivity contribution < 1.29 is 4.74 Å². The molecule has 2 rings (SSSR count). The van der Waals surface area contributed by atoms with Gasteiger partial charge in [0.05, 0.1) is 6.61 Å². The zero-order chi connectivity index (χ0) is 12.8. The summed E-state index contributed by atoms with van der Waals surface area (Å²) in [4.78, 5) is 3.19. The van der Waals surface area contributed by atoms with Gasteiger partial charge in [-0.15, -0.1) is 0 Å². The molecule has 2 N–H and O–H groups in total. The molecule has 0 radical (unpaired) electrons. The molecule has 96 valence electrons. The second-order valence-corrected chi connectivity index (χ2v) is 4.30. The quantitative estimate of drug-likeness (QED) is 0.818. The van der Waals surface area contributed by atoms with E-state index >= 15 is 0 Å². The van der Waals surface area contributed by atoms with Crippen molar-refractivity contribution in [1.82, 2.24) is 10.3 Å². The smallest absolute Gasteiger partial charge is 0.119 e. The fourth-order valence-electron chi connectivity index (χ4n) is 1.88. The number of rotatable bonds is 6. The maximum Gasteiger partial charge on any atom is 0.119 e. The lowest BCUT2D eigenvalue weighted by Crippen LogP contribution is -2.18. The highest BCUT2D eigenvalue weighted by Crippen LogP contribution is 2.17. The van der Waals surface area contributed by atoms with Crippen LogP contribution in [0.1, 0.15) is 31.1 Å². The van der Waals surface area contributed by atoms with Gasteiger partial charge < -0.3 is 15.0 Å². The third-order valence-corrected chi connectivity index (χ3v) is 2.95. The fourth-order valence-corrected chi connectivity index (χ4v) is 1.88. The first-order valence-electron chi connectivity index (χ1n) is 6.38. The minimum absolute atomic E-state index is 0.323. The van der Waals surface area contributed by atoms with Gasteiger partial charge in [-0.05, 0) is 43.7 Å². The molecular weight excluding hydrogens is 224 g/mol. The SMILES string of the molecule is CCOc1ccc(C(C)NCc2ccc[nH]2)cc1. The number of ether oxygens (including phenoxy) is 1. The van der Waals surface area contributed by atoms with Crippen molar-refractivity contribution in [3.63, 3.8) is 0 Å². The second-order valence-electron chi connectivity index (χ2n) is 4.30. The van der Waals surface area contributed by atoms with Crippen molar-refractivity contribution >= 4 is 0 Å². The predicted molar refractivity (Wildman–Crippen MR) is 73.7 cm³/mol. The molecule has 3 heteroatoms. The van der Waals surface area contributed by atoms with Crippen molar-refractivity contribution in [1.29, 1.82) is 0 Å². The van der Waals surface area contributed by atoms with Gasteiger partial charge in [0.25, 0.3) is 0 Å². The van der Waals surface area contributed by atoms with Crippen LogP contribution in [0.5, 0.6) is 5.75 Å². The summed E-state index contributed by atoms with van der Waals surface area (Å²) < 4.78 is 5.43. The zero-order valence-corrected chi connectivity index (χ0v) is 10.9. The summed E-state index contributed by atoms with van der Waals surface area (Å²) in [5.74, 6) is 0.929. The highest BCUT2D eigenvalue weighted by Gasteiger charge is 2.05. The van der Waals surface area contributed by atoms with Gasteiger partial charge in [-0.25, -0.2) is 0 Å². The first-order chi connectivity index (χ1) is 8.79. The number of aromatic nitrogens is 1. The molecule has 1 heterocycles. The normalized spacial score (nSPS) is 12.3. The molecule has 0 aliphatic heterocycles. The second kappa shape index (κ2) is 6.26. The highest BCUT2D eigenvalue weighted by atomic mass is 16.5. The molecule has 0 saturated carbocycles. The monoisotopic (exact) mass is 244 g/mol. The molecule has 0 bridgehead atoms.